The van der Waals surface area contributed by atoms with E-state index in [1.54, 1.807) is 12.4 Å². The zero-order valence-corrected chi connectivity index (χ0v) is 15.4. The zero-order valence-electron chi connectivity index (χ0n) is 14.6. The lowest BCUT2D eigenvalue weighted by atomic mass is 9.95. The van der Waals surface area contributed by atoms with Gasteiger partial charge in [0.2, 0.25) is 5.95 Å². The predicted octanol–water partition coefficient (Wildman–Crippen LogP) is 4.37. The highest BCUT2D eigenvalue weighted by Gasteiger charge is 2.18. The maximum Gasteiger partial charge on any atom is 0.224 e. The van der Waals surface area contributed by atoms with Gasteiger partial charge in [0.1, 0.15) is 10.8 Å². The van der Waals surface area contributed by atoms with E-state index < -0.39 is 0 Å². The fourth-order valence-corrected chi connectivity index (χ4v) is 3.76. The molecule has 3 rings (SSSR count). The number of nitrogens with zero attached hydrogens (tertiary/aromatic N) is 3. The Balaban J connectivity index is 1.84. The first-order valence-electron chi connectivity index (χ1n) is 9.09. The molecular weight excluding hydrogens is 334 g/mol. The number of anilines is 2. The van der Waals surface area contributed by atoms with Crippen LogP contribution in [0, 0.1) is 0 Å². The Morgan fingerprint density at radius 2 is 2.08 bits per heavy atom. The van der Waals surface area contributed by atoms with Crippen molar-refractivity contribution in [2.75, 3.05) is 17.2 Å². The van der Waals surface area contributed by atoms with E-state index in [1.165, 1.54) is 43.4 Å². The van der Waals surface area contributed by atoms with Crippen molar-refractivity contribution < 1.29 is 4.79 Å². The maximum absolute atomic E-state index is 11.0. The van der Waals surface area contributed by atoms with Crippen LogP contribution in [-0.2, 0) is 0 Å². The van der Waals surface area contributed by atoms with Crippen molar-refractivity contribution in [3.8, 4) is 10.6 Å². The number of unbranched alkanes of at least 4 members (excludes halogenated alkanes) is 1. The lowest BCUT2D eigenvalue weighted by Crippen LogP contribution is -2.23. The number of hydrogen-bond donors (Lipinski definition) is 2. The van der Waals surface area contributed by atoms with Gasteiger partial charge in [0.25, 0.3) is 0 Å². The van der Waals surface area contributed by atoms with Crippen molar-refractivity contribution in [2.24, 2.45) is 0 Å². The standard InChI is InChI=1S/C18H25N5OS/c1-2-3-9-19-18-21-11-15(17-20-10-14(12-24)25-17)16(23-18)22-13-7-5-4-6-8-13/h10-13H,2-9H2,1H3,(H2,19,21,22,23). The SMILES string of the molecule is CCCCNc1ncc(-c2ncc(C=O)s2)c(NC2CCCCC2)n1. The summed E-state index contributed by atoms with van der Waals surface area (Å²) in [5.74, 6) is 1.45. The highest BCUT2D eigenvalue weighted by Crippen LogP contribution is 2.32. The van der Waals surface area contributed by atoms with Crippen molar-refractivity contribution in [3.63, 3.8) is 0 Å². The molecule has 134 valence electrons. The molecule has 25 heavy (non-hydrogen) atoms. The fourth-order valence-electron chi connectivity index (χ4n) is 3.02. The van der Waals surface area contributed by atoms with Crippen molar-refractivity contribution in [3.05, 3.63) is 17.3 Å². The third-order valence-corrected chi connectivity index (χ3v) is 5.37. The number of rotatable bonds is 8. The second-order valence-corrected chi connectivity index (χ2v) is 7.46. The van der Waals surface area contributed by atoms with Gasteiger partial charge >= 0.3 is 0 Å². The van der Waals surface area contributed by atoms with Crippen LogP contribution in [0.3, 0.4) is 0 Å². The number of thiazole rings is 1. The van der Waals surface area contributed by atoms with E-state index in [4.69, 9.17) is 4.98 Å². The van der Waals surface area contributed by atoms with Gasteiger partial charge < -0.3 is 10.6 Å². The van der Waals surface area contributed by atoms with E-state index in [9.17, 15) is 4.79 Å². The van der Waals surface area contributed by atoms with Crippen LogP contribution in [0.5, 0.6) is 0 Å². The van der Waals surface area contributed by atoms with Gasteiger partial charge in [0.15, 0.2) is 6.29 Å². The van der Waals surface area contributed by atoms with E-state index in [0.29, 0.717) is 16.9 Å². The van der Waals surface area contributed by atoms with Crippen LogP contribution in [0.1, 0.15) is 61.5 Å². The summed E-state index contributed by atoms with van der Waals surface area (Å²) in [4.78, 5) is 25.1. The number of aromatic nitrogens is 3. The van der Waals surface area contributed by atoms with Gasteiger partial charge in [-0.05, 0) is 19.3 Å². The largest absolute Gasteiger partial charge is 0.367 e. The molecule has 0 saturated heterocycles. The molecule has 0 bridgehead atoms. The molecule has 0 aromatic carbocycles. The number of nitrogens with one attached hydrogen (secondary N) is 2. The van der Waals surface area contributed by atoms with E-state index in [1.807, 2.05) is 0 Å². The first-order chi connectivity index (χ1) is 12.3. The van der Waals surface area contributed by atoms with Gasteiger partial charge in [0.05, 0.1) is 10.4 Å². The fraction of sp³-hybridized carbons (Fsp3) is 0.556. The topological polar surface area (TPSA) is 79.8 Å². The van der Waals surface area contributed by atoms with Gasteiger partial charge in [0, 0.05) is 25.0 Å². The van der Waals surface area contributed by atoms with E-state index in [-0.39, 0.29) is 0 Å². The molecule has 1 fully saturated rings. The number of hydrogen-bond acceptors (Lipinski definition) is 7. The summed E-state index contributed by atoms with van der Waals surface area (Å²) in [6.45, 7) is 3.03. The smallest absolute Gasteiger partial charge is 0.224 e. The lowest BCUT2D eigenvalue weighted by Gasteiger charge is -2.24. The van der Waals surface area contributed by atoms with Crippen LogP contribution >= 0.6 is 11.3 Å². The first kappa shape index (κ1) is 17.8. The van der Waals surface area contributed by atoms with Gasteiger partial charge in [-0.1, -0.05) is 32.6 Å². The second-order valence-electron chi connectivity index (χ2n) is 6.40. The molecular formula is C18H25N5OS. The monoisotopic (exact) mass is 359 g/mol. The molecule has 0 amide bonds. The minimum absolute atomic E-state index is 0.441. The molecule has 0 unspecified atom stereocenters. The molecule has 2 aromatic heterocycles. The molecule has 2 aromatic rings. The Kier molecular flexibility index (Phi) is 6.33. The van der Waals surface area contributed by atoms with Crippen LogP contribution < -0.4 is 10.6 Å². The highest BCUT2D eigenvalue weighted by atomic mass is 32.1. The summed E-state index contributed by atoms with van der Waals surface area (Å²) in [6, 6.07) is 0.441. The highest BCUT2D eigenvalue weighted by molar-refractivity contribution is 7.16. The number of carbonyl (C=O) groups excluding carboxylic acids is 1. The van der Waals surface area contributed by atoms with Crippen molar-refractivity contribution >= 4 is 29.4 Å². The minimum Gasteiger partial charge on any atom is -0.367 e. The number of aldehydes is 1. The lowest BCUT2D eigenvalue weighted by molar-refractivity contribution is 0.112. The quantitative estimate of drug-likeness (QED) is 0.538. The summed E-state index contributed by atoms with van der Waals surface area (Å²) in [6.07, 6.45) is 12.6. The molecule has 1 aliphatic carbocycles. The summed E-state index contributed by atoms with van der Waals surface area (Å²) >= 11 is 1.37. The Labute approximate surface area is 152 Å². The van der Waals surface area contributed by atoms with E-state index in [0.717, 1.165) is 42.1 Å². The van der Waals surface area contributed by atoms with Crippen molar-refractivity contribution in [1.29, 1.82) is 0 Å². The normalized spacial score (nSPS) is 15.1. The Morgan fingerprint density at radius 3 is 2.80 bits per heavy atom. The van der Waals surface area contributed by atoms with Crippen LogP contribution in [0.25, 0.3) is 10.6 Å². The average molecular weight is 359 g/mol. The summed E-state index contributed by atoms with van der Waals surface area (Å²) < 4.78 is 0. The van der Waals surface area contributed by atoms with E-state index in [2.05, 4.69) is 27.5 Å². The molecule has 0 spiro atoms. The van der Waals surface area contributed by atoms with Gasteiger partial charge in [-0.2, -0.15) is 4.98 Å². The third-order valence-electron chi connectivity index (χ3n) is 4.42. The second kappa shape index (κ2) is 8.89. The third kappa shape index (κ3) is 4.75. The summed E-state index contributed by atoms with van der Waals surface area (Å²) in [5.41, 5.74) is 0.865. The summed E-state index contributed by atoms with van der Waals surface area (Å²) in [5, 5.41) is 7.65. The molecule has 1 aliphatic rings. The van der Waals surface area contributed by atoms with Crippen LogP contribution in [0.2, 0.25) is 0 Å². The molecule has 2 heterocycles. The Morgan fingerprint density at radius 1 is 1.24 bits per heavy atom. The van der Waals surface area contributed by atoms with Crippen LogP contribution in [0.15, 0.2) is 12.4 Å². The van der Waals surface area contributed by atoms with Gasteiger partial charge in [-0.25, -0.2) is 9.97 Å². The molecule has 2 N–H and O–H groups in total. The molecule has 1 saturated carbocycles. The first-order valence-corrected chi connectivity index (χ1v) is 9.90. The minimum atomic E-state index is 0.441. The zero-order chi connectivity index (χ0) is 17.5. The molecule has 0 atom stereocenters. The van der Waals surface area contributed by atoms with Crippen LogP contribution in [-0.4, -0.2) is 33.8 Å². The van der Waals surface area contributed by atoms with Crippen LogP contribution in [0.4, 0.5) is 11.8 Å². The average Bonchev–Trinajstić information content (AvgIpc) is 3.12. The molecule has 0 radical (unpaired) electrons. The van der Waals surface area contributed by atoms with Crippen molar-refractivity contribution in [2.45, 2.75) is 57.9 Å². The maximum atomic E-state index is 11.0. The Hall–Kier alpha value is -2.02. The number of carbonyl (C=O) groups is 1. The Bertz CT molecular complexity index is 697. The van der Waals surface area contributed by atoms with E-state index >= 15 is 0 Å². The molecule has 7 heteroatoms. The molecule has 0 aliphatic heterocycles. The van der Waals surface area contributed by atoms with Gasteiger partial charge in [-0.15, -0.1) is 11.3 Å². The summed E-state index contributed by atoms with van der Waals surface area (Å²) in [7, 11) is 0. The predicted molar refractivity (Wildman–Crippen MR) is 102 cm³/mol. The van der Waals surface area contributed by atoms with Crippen molar-refractivity contribution in [1.82, 2.24) is 15.0 Å². The molecule has 6 nitrogen and oxygen atoms in total. The van der Waals surface area contributed by atoms with Gasteiger partial charge in [-0.3, -0.25) is 4.79 Å².